The zero-order valence-electron chi connectivity index (χ0n) is 9.67. The van der Waals surface area contributed by atoms with Crippen LogP contribution >= 0.6 is 0 Å². The van der Waals surface area contributed by atoms with Crippen molar-refractivity contribution in [2.24, 2.45) is 11.7 Å². The molecule has 92 valence electrons. The molecule has 17 heavy (non-hydrogen) atoms. The van der Waals surface area contributed by atoms with E-state index in [-0.39, 0.29) is 12.5 Å². The number of amides is 2. The van der Waals surface area contributed by atoms with Gasteiger partial charge in [-0.1, -0.05) is 12.1 Å². The molecule has 1 fully saturated rings. The molecule has 0 aromatic heterocycles. The van der Waals surface area contributed by atoms with E-state index in [4.69, 9.17) is 10.5 Å². The van der Waals surface area contributed by atoms with Gasteiger partial charge in [-0.2, -0.15) is 0 Å². The van der Waals surface area contributed by atoms with Gasteiger partial charge in [0.15, 0.2) is 0 Å². The van der Waals surface area contributed by atoms with E-state index in [9.17, 15) is 10.0 Å². The van der Waals surface area contributed by atoms with Gasteiger partial charge in [-0.05, 0) is 36.0 Å². The number of nitrogens with zero attached hydrogens (tertiary/aromatic N) is 1. The predicted octanol–water partition coefficient (Wildman–Crippen LogP) is 1.57. The van der Waals surface area contributed by atoms with Crippen LogP contribution in [-0.4, -0.2) is 30.0 Å². The largest absolute Gasteiger partial charge is 0.497 e. The van der Waals surface area contributed by atoms with E-state index in [2.05, 4.69) is 0 Å². The number of urea groups is 1. The highest BCUT2D eigenvalue weighted by atomic mass is 16.5. The summed E-state index contributed by atoms with van der Waals surface area (Å²) in [5, 5.41) is 9.81. The first kappa shape index (κ1) is 11.7. The second-order valence-electron chi connectivity index (χ2n) is 4.30. The summed E-state index contributed by atoms with van der Waals surface area (Å²) >= 11 is 0. The Kier molecular flexibility index (Phi) is 3.19. The summed E-state index contributed by atoms with van der Waals surface area (Å²) in [6, 6.07) is 7.04. The maximum Gasteiger partial charge on any atom is 0.338 e. The normalized spacial score (nSPS) is 22.0. The molecule has 1 aliphatic rings. The monoisotopic (exact) mass is 236 g/mol. The Balaban J connectivity index is 1.95. The average Bonchev–Trinajstić information content (AvgIpc) is 3.08. The molecule has 2 amide bonds. The number of methoxy groups -OCH3 is 1. The molecule has 2 unspecified atom stereocenters. The number of rotatable bonds is 4. The fourth-order valence-electron chi connectivity index (χ4n) is 2.04. The van der Waals surface area contributed by atoms with Crippen LogP contribution in [0.5, 0.6) is 5.75 Å². The fraction of sp³-hybridized carbons (Fsp3) is 0.417. The van der Waals surface area contributed by atoms with Crippen LogP contribution in [0.3, 0.4) is 0 Å². The average molecular weight is 236 g/mol. The summed E-state index contributed by atoms with van der Waals surface area (Å²) in [4.78, 5) is 10.7. The van der Waals surface area contributed by atoms with Crippen LogP contribution in [0, 0.1) is 5.92 Å². The van der Waals surface area contributed by atoms with Crippen LogP contribution in [0.25, 0.3) is 0 Å². The highest BCUT2D eigenvalue weighted by molar-refractivity contribution is 5.70. The highest BCUT2D eigenvalue weighted by Gasteiger charge is 2.40. The summed E-state index contributed by atoms with van der Waals surface area (Å²) in [5.74, 6) is 1.47. The fourth-order valence-corrected chi connectivity index (χ4v) is 2.04. The van der Waals surface area contributed by atoms with Gasteiger partial charge in [0.2, 0.25) is 0 Å². The van der Waals surface area contributed by atoms with Crippen molar-refractivity contribution in [1.29, 1.82) is 0 Å². The van der Waals surface area contributed by atoms with Gasteiger partial charge in [-0.15, -0.1) is 0 Å². The second kappa shape index (κ2) is 4.63. The molecule has 0 radical (unpaired) electrons. The quantitative estimate of drug-likeness (QED) is 0.615. The summed E-state index contributed by atoms with van der Waals surface area (Å²) in [6.45, 7) is 0.289. The summed E-state index contributed by atoms with van der Waals surface area (Å²) in [6.07, 6.45) is 0.956. The molecule has 1 aromatic rings. The van der Waals surface area contributed by atoms with Crippen molar-refractivity contribution in [3.63, 3.8) is 0 Å². The van der Waals surface area contributed by atoms with Crippen LogP contribution in [0.15, 0.2) is 24.3 Å². The number of carbonyl (C=O) groups is 1. The molecule has 3 N–H and O–H groups in total. The second-order valence-corrected chi connectivity index (χ2v) is 4.30. The summed E-state index contributed by atoms with van der Waals surface area (Å²) in [7, 11) is 1.63. The first-order valence-electron chi connectivity index (χ1n) is 5.51. The van der Waals surface area contributed by atoms with E-state index in [1.807, 2.05) is 24.3 Å². The zero-order chi connectivity index (χ0) is 12.4. The minimum absolute atomic E-state index is 0.277. The lowest BCUT2D eigenvalue weighted by atomic mass is 10.1. The maximum absolute atomic E-state index is 10.7. The predicted molar refractivity (Wildman–Crippen MR) is 61.9 cm³/mol. The molecular formula is C12H16N2O3. The van der Waals surface area contributed by atoms with Crippen LogP contribution in [0.1, 0.15) is 17.9 Å². The topological polar surface area (TPSA) is 75.8 Å². The zero-order valence-corrected chi connectivity index (χ0v) is 9.67. The van der Waals surface area contributed by atoms with Crippen molar-refractivity contribution in [3.05, 3.63) is 29.8 Å². The lowest BCUT2D eigenvalue weighted by Gasteiger charge is -2.11. The first-order valence-corrected chi connectivity index (χ1v) is 5.51. The van der Waals surface area contributed by atoms with E-state index in [1.165, 1.54) is 5.56 Å². The van der Waals surface area contributed by atoms with Gasteiger partial charge >= 0.3 is 6.03 Å². The number of benzene rings is 1. The first-order chi connectivity index (χ1) is 8.11. The van der Waals surface area contributed by atoms with Crippen molar-refractivity contribution in [2.75, 3.05) is 13.7 Å². The van der Waals surface area contributed by atoms with Gasteiger partial charge in [0, 0.05) is 0 Å². The number of hydrogen-bond donors (Lipinski definition) is 2. The molecule has 0 aliphatic heterocycles. The SMILES string of the molecule is COc1cccc(C2CC2CN(O)C(N)=O)c1. The van der Waals surface area contributed by atoms with E-state index in [0.29, 0.717) is 11.0 Å². The lowest BCUT2D eigenvalue weighted by Crippen LogP contribution is -2.34. The molecule has 1 aromatic carbocycles. The molecule has 1 aliphatic carbocycles. The number of nitrogens with two attached hydrogens (primary N) is 1. The van der Waals surface area contributed by atoms with Crippen LogP contribution in [0.2, 0.25) is 0 Å². The molecule has 2 rings (SSSR count). The molecule has 0 saturated heterocycles. The Bertz CT molecular complexity index is 422. The van der Waals surface area contributed by atoms with Gasteiger partial charge in [-0.3, -0.25) is 5.21 Å². The van der Waals surface area contributed by atoms with Gasteiger partial charge in [-0.25, -0.2) is 9.86 Å². The Morgan fingerprint density at radius 2 is 2.41 bits per heavy atom. The minimum Gasteiger partial charge on any atom is -0.497 e. The molecule has 0 bridgehead atoms. The van der Waals surface area contributed by atoms with E-state index in [1.54, 1.807) is 7.11 Å². The molecule has 0 spiro atoms. The number of ether oxygens (including phenoxy) is 1. The Labute approximate surface area is 99.7 Å². The van der Waals surface area contributed by atoms with Crippen molar-refractivity contribution >= 4 is 6.03 Å². The Morgan fingerprint density at radius 1 is 1.65 bits per heavy atom. The number of carbonyl (C=O) groups excluding carboxylic acids is 1. The number of hydroxylamine groups is 2. The third-order valence-corrected chi connectivity index (χ3v) is 3.11. The molecule has 5 heteroatoms. The summed E-state index contributed by atoms with van der Waals surface area (Å²) in [5.41, 5.74) is 6.13. The number of primary amides is 1. The van der Waals surface area contributed by atoms with Crippen LogP contribution in [-0.2, 0) is 0 Å². The van der Waals surface area contributed by atoms with E-state index >= 15 is 0 Å². The Hall–Kier alpha value is -1.75. The standard InChI is InChI=1S/C12H16N2O3/c1-17-10-4-2-3-8(5-10)11-6-9(11)7-14(16)12(13)15/h2-5,9,11,16H,6-7H2,1H3,(H2,13,15). The van der Waals surface area contributed by atoms with Gasteiger partial charge < -0.3 is 10.5 Å². The minimum atomic E-state index is -0.804. The van der Waals surface area contributed by atoms with Crippen LogP contribution in [0.4, 0.5) is 4.79 Å². The van der Waals surface area contributed by atoms with Crippen LogP contribution < -0.4 is 10.5 Å². The lowest BCUT2D eigenvalue weighted by molar-refractivity contribution is -0.0431. The van der Waals surface area contributed by atoms with E-state index < -0.39 is 6.03 Å². The van der Waals surface area contributed by atoms with Crippen molar-refractivity contribution in [1.82, 2.24) is 5.06 Å². The van der Waals surface area contributed by atoms with Crippen molar-refractivity contribution < 1.29 is 14.7 Å². The molecule has 5 nitrogen and oxygen atoms in total. The molecule has 0 heterocycles. The Morgan fingerprint density at radius 3 is 3.06 bits per heavy atom. The van der Waals surface area contributed by atoms with Crippen molar-refractivity contribution in [3.8, 4) is 5.75 Å². The van der Waals surface area contributed by atoms with E-state index in [0.717, 1.165) is 12.2 Å². The van der Waals surface area contributed by atoms with Gasteiger partial charge in [0.05, 0.1) is 13.7 Å². The van der Waals surface area contributed by atoms with Gasteiger partial charge in [0.25, 0.3) is 0 Å². The van der Waals surface area contributed by atoms with Crippen molar-refractivity contribution in [2.45, 2.75) is 12.3 Å². The smallest absolute Gasteiger partial charge is 0.338 e. The molecule has 1 saturated carbocycles. The van der Waals surface area contributed by atoms with Gasteiger partial charge in [0.1, 0.15) is 5.75 Å². The maximum atomic E-state index is 10.7. The number of hydrogen-bond acceptors (Lipinski definition) is 3. The molecule has 2 atom stereocenters. The molecular weight excluding hydrogens is 220 g/mol. The summed E-state index contributed by atoms with van der Waals surface area (Å²) < 4.78 is 5.15. The third kappa shape index (κ3) is 2.68. The highest BCUT2D eigenvalue weighted by Crippen LogP contribution is 2.48. The third-order valence-electron chi connectivity index (χ3n) is 3.11.